The third kappa shape index (κ3) is 7.79. The van der Waals surface area contributed by atoms with Gasteiger partial charge in [-0.05, 0) is 5.56 Å². The quantitative estimate of drug-likeness (QED) is 0.270. The second kappa shape index (κ2) is 13.2. The standard InChI is InChI=1S/C24H29NO11/c1-14(27)32-13-20-22(35-16(3)29)23(36-17(4)30)21(34-15(2)28)19(10-11-26)25(20)24(31)33-12-18-8-6-5-7-9-18/h5-9,11,19-23H,10,12-13H2,1-4H3/t19-,20-,21+,22-,23-/m1/s1. The van der Waals surface area contributed by atoms with Crippen LogP contribution in [0.2, 0.25) is 0 Å². The number of benzene rings is 1. The minimum Gasteiger partial charge on any atom is -0.464 e. The van der Waals surface area contributed by atoms with Gasteiger partial charge in [0.15, 0.2) is 18.3 Å². The number of hydrogen-bond donors (Lipinski definition) is 0. The van der Waals surface area contributed by atoms with Crippen molar-refractivity contribution in [3.63, 3.8) is 0 Å². The molecule has 196 valence electrons. The number of esters is 4. The van der Waals surface area contributed by atoms with E-state index in [1.54, 1.807) is 30.3 Å². The summed E-state index contributed by atoms with van der Waals surface area (Å²) in [5.41, 5.74) is 0.664. The molecule has 0 radical (unpaired) electrons. The number of ether oxygens (including phenoxy) is 5. The van der Waals surface area contributed by atoms with E-state index in [-0.39, 0.29) is 13.0 Å². The first kappa shape index (κ1) is 28.3. The molecule has 0 bridgehead atoms. The fourth-order valence-electron chi connectivity index (χ4n) is 3.98. The molecule has 2 rings (SSSR count). The number of aldehydes is 1. The molecule has 1 aromatic carbocycles. The average molecular weight is 507 g/mol. The molecule has 5 atom stereocenters. The summed E-state index contributed by atoms with van der Waals surface area (Å²) in [6.07, 6.45) is -5.09. The predicted molar refractivity (Wildman–Crippen MR) is 120 cm³/mol. The zero-order chi connectivity index (χ0) is 26.8. The van der Waals surface area contributed by atoms with Crippen molar-refractivity contribution in [2.75, 3.05) is 6.61 Å². The van der Waals surface area contributed by atoms with Gasteiger partial charge in [0.2, 0.25) is 0 Å². The SMILES string of the molecule is CC(=O)OC[C@@H]1[C@@H](OC(C)=O)[C@H](OC(C)=O)[C@@H](OC(C)=O)[C@@H](CC=O)N1C(=O)OCc1ccccc1. The number of hydrogen-bond acceptors (Lipinski definition) is 11. The largest absolute Gasteiger partial charge is 0.464 e. The van der Waals surface area contributed by atoms with Crippen LogP contribution in [0.3, 0.4) is 0 Å². The molecular weight excluding hydrogens is 478 g/mol. The van der Waals surface area contributed by atoms with Gasteiger partial charge in [0.05, 0.1) is 6.04 Å². The lowest BCUT2D eigenvalue weighted by Gasteiger charge is -2.50. The number of carbonyl (C=O) groups excluding carboxylic acids is 6. The third-order valence-electron chi connectivity index (χ3n) is 5.24. The van der Waals surface area contributed by atoms with Gasteiger partial charge in [0.1, 0.15) is 25.5 Å². The lowest BCUT2D eigenvalue weighted by Crippen LogP contribution is -2.71. The Morgan fingerprint density at radius 1 is 0.750 bits per heavy atom. The number of rotatable bonds is 9. The Kier molecular flexibility index (Phi) is 10.4. The molecule has 0 spiro atoms. The van der Waals surface area contributed by atoms with Crippen molar-refractivity contribution in [1.82, 2.24) is 4.90 Å². The number of amides is 1. The van der Waals surface area contributed by atoms with Gasteiger partial charge in [0, 0.05) is 34.1 Å². The molecule has 1 heterocycles. The van der Waals surface area contributed by atoms with Crippen LogP contribution < -0.4 is 0 Å². The highest BCUT2D eigenvalue weighted by atomic mass is 16.6. The summed E-state index contributed by atoms with van der Waals surface area (Å²) in [4.78, 5) is 73.5. The van der Waals surface area contributed by atoms with Crippen molar-refractivity contribution >= 4 is 36.3 Å². The molecule has 12 heteroatoms. The van der Waals surface area contributed by atoms with Crippen LogP contribution in [0.5, 0.6) is 0 Å². The van der Waals surface area contributed by atoms with E-state index >= 15 is 0 Å². The van der Waals surface area contributed by atoms with Crippen molar-refractivity contribution in [2.45, 2.75) is 71.1 Å². The second-order valence-electron chi connectivity index (χ2n) is 8.01. The summed E-state index contributed by atoms with van der Waals surface area (Å²) in [6, 6.07) is 6.28. The molecule has 0 saturated carbocycles. The lowest BCUT2D eigenvalue weighted by atomic mass is 9.86. The van der Waals surface area contributed by atoms with Crippen molar-refractivity contribution in [1.29, 1.82) is 0 Å². The highest BCUT2D eigenvalue weighted by Crippen LogP contribution is 2.33. The Hall–Kier alpha value is -3.96. The Morgan fingerprint density at radius 3 is 1.78 bits per heavy atom. The van der Waals surface area contributed by atoms with Crippen LogP contribution in [-0.2, 0) is 54.3 Å². The topological polar surface area (TPSA) is 152 Å². The molecule has 1 aromatic rings. The summed E-state index contributed by atoms with van der Waals surface area (Å²) in [6.45, 7) is 3.76. The maximum atomic E-state index is 13.4. The van der Waals surface area contributed by atoms with E-state index in [2.05, 4.69) is 0 Å². The minimum absolute atomic E-state index is 0.145. The second-order valence-corrected chi connectivity index (χ2v) is 8.01. The summed E-state index contributed by atoms with van der Waals surface area (Å²) in [7, 11) is 0. The summed E-state index contributed by atoms with van der Waals surface area (Å²) >= 11 is 0. The Bertz CT molecular complexity index is 964. The van der Waals surface area contributed by atoms with Crippen molar-refractivity contribution in [3.05, 3.63) is 35.9 Å². The minimum atomic E-state index is -1.43. The van der Waals surface area contributed by atoms with Gasteiger partial charge in [-0.3, -0.25) is 24.1 Å². The van der Waals surface area contributed by atoms with Crippen LogP contribution in [0.15, 0.2) is 30.3 Å². The van der Waals surface area contributed by atoms with Crippen molar-refractivity contribution < 1.29 is 52.5 Å². The molecule has 1 aliphatic heterocycles. The van der Waals surface area contributed by atoms with Gasteiger partial charge < -0.3 is 28.5 Å². The van der Waals surface area contributed by atoms with Crippen LogP contribution in [0.1, 0.15) is 39.7 Å². The maximum absolute atomic E-state index is 13.4. The highest BCUT2D eigenvalue weighted by Gasteiger charge is 2.56. The van der Waals surface area contributed by atoms with Crippen molar-refractivity contribution in [3.8, 4) is 0 Å². The van der Waals surface area contributed by atoms with Gasteiger partial charge in [-0.2, -0.15) is 0 Å². The fraction of sp³-hybridized carbons (Fsp3) is 0.500. The number of piperidine rings is 1. The van der Waals surface area contributed by atoms with Crippen LogP contribution in [0.4, 0.5) is 4.79 Å². The van der Waals surface area contributed by atoms with E-state index in [9.17, 15) is 28.8 Å². The number of likely N-dealkylation sites (tertiary alicyclic amines) is 1. The zero-order valence-corrected chi connectivity index (χ0v) is 20.4. The molecule has 36 heavy (non-hydrogen) atoms. The first-order valence-corrected chi connectivity index (χ1v) is 11.1. The molecular formula is C24H29NO11. The van der Waals surface area contributed by atoms with Crippen LogP contribution in [0.25, 0.3) is 0 Å². The molecule has 1 fully saturated rings. The molecule has 0 aliphatic carbocycles. The monoisotopic (exact) mass is 507 g/mol. The summed E-state index contributed by atoms with van der Waals surface area (Å²) in [5.74, 6) is -3.11. The van der Waals surface area contributed by atoms with E-state index in [4.69, 9.17) is 23.7 Å². The Labute approximate surface area is 207 Å². The summed E-state index contributed by atoms with van der Waals surface area (Å²) < 4.78 is 26.7. The predicted octanol–water partition coefficient (Wildman–Crippen LogP) is 1.32. The maximum Gasteiger partial charge on any atom is 0.411 e. The molecule has 1 aliphatic rings. The van der Waals surface area contributed by atoms with E-state index < -0.39 is 67.0 Å². The van der Waals surface area contributed by atoms with E-state index in [1.165, 1.54) is 0 Å². The van der Waals surface area contributed by atoms with E-state index in [1.807, 2.05) is 0 Å². The first-order valence-electron chi connectivity index (χ1n) is 11.1. The van der Waals surface area contributed by atoms with Gasteiger partial charge in [-0.1, -0.05) is 30.3 Å². The Morgan fingerprint density at radius 2 is 1.28 bits per heavy atom. The fourth-order valence-corrected chi connectivity index (χ4v) is 3.98. The van der Waals surface area contributed by atoms with E-state index in [0.29, 0.717) is 11.8 Å². The highest BCUT2D eigenvalue weighted by molar-refractivity contribution is 5.72. The molecule has 0 aromatic heterocycles. The van der Waals surface area contributed by atoms with Crippen LogP contribution in [-0.4, -0.2) is 78.2 Å². The van der Waals surface area contributed by atoms with Gasteiger partial charge in [-0.15, -0.1) is 0 Å². The average Bonchev–Trinajstić information content (AvgIpc) is 2.79. The smallest absolute Gasteiger partial charge is 0.411 e. The van der Waals surface area contributed by atoms with Crippen LogP contribution >= 0.6 is 0 Å². The van der Waals surface area contributed by atoms with Crippen molar-refractivity contribution in [2.24, 2.45) is 0 Å². The van der Waals surface area contributed by atoms with Gasteiger partial charge in [-0.25, -0.2) is 4.79 Å². The summed E-state index contributed by atoms with van der Waals surface area (Å²) in [5, 5.41) is 0. The van der Waals surface area contributed by atoms with Crippen LogP contribution in [0, 0.1) is 0 Å². The lowest BCUT2D eigenvalue weighted by molar-refractivity contribution is -0.215. The molecule has 0 N–H and O–H groups in total. The zero-order valence-electron chi connectivity index (χ0n) is 20.4. The third-order valence-corrected chi connectivity index (χ3v) is 5.24. The molecule has 1 amide bonds. The van der Waals surface area contributed by atoms with E-state index in [0.717, 1.165) is 32.6 Å². The van der Waals surface area contributed by atoms with Gasteiger partial charge >= 0.3 is 30.0 Å². The number of nitrogens with zero attached hydrogens (tertiary/aromatic N) is 1. The normalized spacial score (nSPS) is 23.1. The first-order chi connectivity index (χ1) is 17.0. The van der Waals surface area contributed by atoms with Gasteiger partial charge in [0.25, 0.3) is 0 Å². The molecule has 12 nitrogen and oxygen atoms in total. The Balaban J connectivity index is 2.58. The number of carbonyl (C=O) groups is 6. The molecule has 0 unspecified atom stereocenters. The molecule has 1 saturated heterocycles.